The summed E-state index contributed by atoms with van der Waals surface area (Å²) in [7, 11) is 0. The summed E-state index contributed by atoms with van der Waals surface area (Å²) in [6, 6.07) is 0. The van der Waals surface area contributed by atoms with E-state index in [2.05, 4.69) is 37.3 Å². The van der Waals surface area contributed by atoms with Crippen LogP contribution < -0.4 is 4.90 Å². The van der Waals surface area contributed by atoms with Gasteiger partial charge in [0.2, 0.25) is 11.8 Å². The molecule has 118 valence electrons. The van der Waals surface area contributed by atoms with Crippen LogP contribution in [0.25, 0.3) is 0 Å². The molecule has 2 aromatic heterocycles. The van der Waals surface area contributed by atoms with E-state index in [0.717, 1.165) is 61.8 Å². The molecule has 2 aliphatic rings. The van der Waals surface area contributed by atoms with Gasteiger partial charge in [0.15, 0.2) is 5.13 Å². The molecular formula is C15H21N5OS. The Bertz CT molecular complexity index is 635. The fraction of sp³-hybridized carbons (Fsp3) is 0.667. The summed E-state index contributed by atoms with van der Waals surface area (Å²) in [6.07, 6.45) is 3.54. The predicted octanol–water partition coefficient (Wildman–Crippen LogP) is 2.42. The lowest BCUT2D eigenvalue weighted by Gasteiger charge is -2.20. The Morgan fingerprint density at radius 3 is 2.91 bits per heavy atom. The van der Waals surface area contributed by atoms with Crippen LogP contribution in [0.15, 0.2) is 9.80 Å². The van der Waals surface area contributed by atoms with Crippen molar-refractivity contribution in [3.05, 3.63) is 22.9 Å². The molecule has 3 heterocycles. The van der Waals surface area contributed by atoms with Crippen LogP contribution in [0.4, 0.5) is 5.13 Å². The maximum absolute atomic E-state index is 5.78. The Morgan fingerprint density at radius 2 is 2.14 bits per heavy atom. The Balaban J connectivity index is 1.35. The number of nitrogens with zero attached hydrogens (tertiary/aromatic N) is 5. The van der Waals surface area contributed by atoms with E-state index in [0.29, 0.717) is 5.92 Å². The predicted molar refractivity (Wildman–Crippen MR) is 85.2 cm³/mol. The van der Waals surface area contributed by atoms with Gasteiger partial charge in [0.25, 0.3) is 0 Å². The van der Waals surface area contributed by atoms with E-state index in [-0.39, 0.29) is 0 Å². The molecule has 0 aromatic carbocycles. The van der Waals surface area contributed by atoms with E-state index in [1.807, 2.05) is 0 Å². The molecule has 0 radical (unpaired) electrons. The molecule has 1 saturated carbocycles. The SMILES string of the molecule is Cc1csc(N2CCCN(Cc3nnc(C4CC4)o3)CC2)n1. The van der Waals surface area contributed by atoms with Crippen molar-refractivity contribution in [3.63, 3.8) is 0 Å². The molecule has 0 N–H and O–H groups in total. The highest BCUT2D eigenvalue weighted by atomic mass is 32.1. The maximum Gasteiger partial charge on any atom is 0.230 e. The monoisotopic (exact) mass is 319 g/mol. The van der Waals surface area contributed by atoms with E-state index in [1.165, 1.54) is 12.8 Å². The van der Waals surface area contributed by atoms with Crippen LogP contribution in [0, 0.1) is 6.92 Å². The smallest absolute Gasteiger partial charge is 0.230 e. The third kappa shape index (κ3) is 3.15. The molecule has 4 rings (SSSR count). The van der Waals surface area contributed by atoms with E-state index >= 15 is 0 Å². The van der Waals surface area contributed by atoms with Crippen LogP contribution in [0.3, 0.4) is 0 Å². The first kappa shape index (κ1) is 14.1. The fourth-order valence-electron chi connectivity index (χ4n) is 2.82. The first-order valence-corrected chi connectivity index (χ1v) is 8.87. The summed E-state index contributed by atoms with van der Waals surface area (Å²) in [5.41, 5.74) is 1.11. The van der Waals surface area contributed by atoms with E-state index in [4.69, 9.17) is 4.42 Å². The van der Waals surface area contributed by atoms with Crippen molar-refractivity contribution in [2.45, 2.75) is 38.6 Å². The molecule has 0 bridgehead atoms. The molecule has 1 saturated heterocycles. The zero-order chi connectivity index (χ0) is 14.9. The Morgan fingerprint density at radius 1 is 1.23 bits per heavy atom. The molecule has 2 fully saturated rings. The van der Waals surface area contributed by atoms with Crippen LogP contribution in [-0.2, 0) is 6.54 Å². The summed E-state index contributed by atoms with van der Waals surface area (Å²) >= 11 is 1.74. The van der Waals surface area contributed by atoms with Crippen molar-refractivity contribution in [2.75, 3.05) is 31.1 Å². The lowest BCUT2D eigenvalue weighted by molar-refractivity contribution is 0.252. The van der Waals surface area contributed by atoms with E-state index in [1.54, 1.807) is 11.3 Å². The van der Waals surface area contributed by atoms with Crippen LogP contribution in [0.2, 0.25) is 0 Å². The average Bonchev–Trinajstić information content (AvgIpc) is 3.18. The minimum Gasteiger partial charge on any atom is -0.424 e. The van der Waals surface area contributed by atoms with E-state index in [9.17, 15) is 0 Å². The highest BCUT2D eigenvalue weighted by Gasteiger charge is 2.29. The number of thiazole rings is 1. The zero-order valence-electron chi connectivity index (χ0n) is 12.9. The summed E-state index contributed by atoms with van der Waals surface area (Å²) in [5.74, 6) is 2.14. The highest BCUT2D eigenvalue weighted by Crippen LogP contribution is 2.39. The largest absolute Gasteiger partial charge is 0.424 e. The van der Waals surface area contributed by atoms with Gasteiger partial charge < -0.3 is 9.32 Å². The van der Waals surface area contributed by atoms with Gasteiger partial charge in [0, 0.05) is 37.5 Å². The van der Waals surface area contributed by atoms with Gasteiger partial charge in [-0.3, -0.25) is 4.90 Å². The molecule has 6 nitrogen and oxygen atoms in total. The fourth-order valence-corrected chi connectivity index (χ4v) is 3.68. The third-order valence-electron chi connectivity index (χ3n) is 4.23. The molecule has 7 heteroatoms. The van der Waals surface area contributed by atoms with Crippen molar-refractivity contribution < 1.29 is 4.42 Å². The topological polar surface area (TPSA) is 58.3 Å². The molecule has 1 aliphatic carbocycles. The number of hydrogen-bond acceptors (Lipinski definition) is 7. The second-order valence-electron chi connectivity index (χ2n) is 6.20. The van der Waals surface area contributed by atoms with E-state index < -0.39 is 0 Å². The second kappa shape index (κ2) is 5.96. The van der Waals surface area contributed by atoms with Gasteiger partial charge >= 0.3 is 0 Å². The third-order valence-corrected chi connectivity index (χ3v) is 5.25. The summed E-state index contributed by atoms with van der Waals surface area (Å²) in [4.78, 5) is 9.40. The standard InChI is InChI=1S/C15H21N5OS/c1-11-10-22-15(16-11)20-6-2-5-19(7-8-20)9-13-17-18-14(21-13)12-3-4-12/h10,12H,2-9H2,1H3. The molecule has 0 unspecified atom stereocenters. The number of rotatable bonds is 4. The molecule has 1 aliphatic heterocycles. The molecule has 2 aromatic rings. The van der Waals surface area contributed by atoms with Gasteiger partial charge in [-0.05, 0) is 26.2 Å². The molecule has 0 atom stereocenters. The van der Waals surface area contributed by atoms with Crippen molar-refractivity contribution >= 4 is 16.5 Å². The number of hydrogen-bond donors (Lipinski definition) is 0. The van der Waals surface area contributed by atoms with Crippen LogP contribution in [0.5, 0.6) is 0 Å². The molecule has 0 spiro atoms. The van der Waals surface area contributed by atoms with Crippen LogP contribution >= 0.6 is 11.3 Å². The summed E-state index contributed by atoms with van der Waals surface area (Å²) < 4.78 is 5.78. The van der Waals surface area contributed by atoms with Gasteiger partial charge in [0.05, 0.1) is 12.2 Å². The summed E-state index contributed by atoms with van der Waals surface area (Å²) in [5, 5.41) is 11.6. The molecule has 0 amide bonds. The highest BCUT2D eigenvalue weighted by molar-refractivity contribution is 7.13. The minimum atomic E-state index is 0.536. The van der Waals surface area contributed by atoms with Gasteiger partial charge in [-0.2, -0.15) is 0 Å². The Hall–Kier alpha value is -1.47. The van der Waals surface area contributed by atoms with Crippen LogP contribution in [0.1, 0.15) is 42.7 Å². The van der Waals surface area contributed by atoms with Crippen molar-refractivity contribution in [1.82, 2.24) is 20.1 Å². The average molecular weight is 319 g/mol. The van der Waals surface area contributed by atoms with Gasteiger partial charge in [0.1, 0.15) is 0 Å². The Kier molecular flexibility index (Phi) is 3.83. The first-order chi connectivity index (χ1) is 10.8. The van der Waals surface area contributed by atoms with Crippen molar-refractivity contribution in [2.24, 2.45) is 0 Å². The quantitative estimate of drug-likeness (QED) is 0.862. The second-order valence-corrected chi connectivity index (χ2v) is 7.03. The maximum atomic E-state index is 5.78. The zero-order valence-corrected chi connectivity index (χ0v) is 13.7. The number of aromatic nitrogens is 3. The minimum absolute atomic E-state index is 0.536. The van der Waals surface area contributed by atoms with Gasteiger partial charge in [-0.1, -0.05) is 0 Å². The number of aryl methyl sites for hydroxylation is 1. The van der Waals surface area contributed by atoms with Crippen molar-refractivity contribution in [3.8, 4) is 0 Å². The lowest BCUT2D eigenvalue weighted by Crippen LogP contribution is -2.30. The molecular weight excluding hydrogens is 298 g/mol. The van der Waals surface area contributed by atoms with Crippen molar-refractivity contribution in [1.29, 1.82) is 0 Å². The Labute approximate surface area is 134 Å². The normalized spacial score (nSPS) is 20.3. The lowest BCUT2D eigenvalue weighted by atomic mass is 10.4. The van der Waals surface area contributed by atoms with Gasteiger partial charge in [-0.15, -0.1) is 21.5 Å². The summed E-state index contributed by atoms with van der Waals surface area (Å²) in [6.45, 7) is 6.99. The first-order valence-electron chi connectivity index (χ1n) is 7.99. The number of anilines is 1. The molecule has 22 heavy (non-hydrogen) atoms. The van der Waals surface area contributed by atoms with Crippen LogP contribution in [-0.4, -0.2) is 46.3 Å². The van der Waals surface area contributed by atoms with Gasteiger partial charge in [-0.25, -0.2) is 4.98 Å².